The Hall–Kier alpha value is -2.46. The van der Waals surface area contributed by atoms with E-state index in [1.807, 2.05) is 6.92 Å². The molecule has 0 unspecified atom stereocenters. The number of carboxylic acids is 1. The van der Waals surface area contributed by atoms with E-state index in [0.717, 1.165) is 0 Å². The van der Waals surface area contributed by atoms with Gasteiger partial charge in [-0.15, -0.1) is 0 Å². The van der Waals surface area contributed by atoms with Gasteiger partial charge < -0.3 is 9.84 Å². The second-order valence-corrected chi connectivity index (χ2v) is 3.00. The SMILES string of the molecule is CCOc1ccccc1C=C(N=[N+]=[N-])C(=O)O. The second kappa shape index (κ2) is 6.19. The van der Waals surface area contributed by atoms with Crippen molar-refractivity contribution in [1.82, 2.24) is 0 Å². The lowest BCUT2D eigenvalue weighted by Gasteiger charge is -2.06. The molecule has 1 N–H and O–H groups in total. The Balaban J connectivity index is 3.18. The predicted molar refractivity (Wildman–Crippen MR) is 62.4 cm³/mol. The first kappa shape index (κ1) is 12.6. The summed E-state index contributed by atoms with van der Waals surface area (Å²) in [6, 6.07) is 6.91. The zero-order valence-corrected chi connectivity index (χ0v) is 9.20. The third-order valence-electron chi connectivity index (χ3n) is 1.88. The summed E-state index contributed by atoms with van der Waals surface area (Å²) in [5, 5.41) is 11.9. The predicted octanol–water partition coefficient (Wildman–Crippen LogP) is 2.82. The molecule has 0 radical (unpaired) electrons. The fourth-order valence-corrected chi connectivity index (χ4v) is 1.22. The number of benzene rings is 1. The van der Waals surface area contributed by atoms with Crippen LogP contribution in [-0.2, 0) is 4.79 Å². The Morgan fingerprint density at radius 1 is 1.59 bits per heavy atom. The second-order valence-electron chi connectivity index (χ2n) is 3.00. The molecular weight excluding hydrogens is 222 g/mol. The van der Waals surface area contributed by atoms with Gasteiger partial charge in [-0.25, -0.2) is 4.79 Å². The van der Waals surface area contributed by atoms with Crippen molar-refractivity contribution in [3.63, 3.8) is 0 Å². The molecule has 1 aromatic carbocycles. The molecule has 0 aliphatic carbocycles. The standard InChI is InChI=1S/C11H11N3O3/c1-2-17-10-6-4-3-5-8(10)7-9(11(15)16)13-14-12/h3-7H,2H2,1H3,(H,15,16). The Bertz CT molecular complexity index is 486. The molecule has 88 valence electrons. The van der Waals surface area contributed by atoms with Crippen LogP contribution >= 0.6 is 0 Å². The Labute approximate surface area is 97.8 Å². The first-order chi connectivity index (χ1) is 8.19. The lowest BCUT2D eigenvalue weighted by atomic mass is 10.1. The molecule has 6 nitrogen and oxygen atoms in total. The molecule has 0 aliphatic rings. The molecular formula is C11H11N3O3. The first-order valence-electron chi connectivity index (χ1n) is 4.91. The van der Waals surface area contributed by atoms with Crippen molar-refractivity contribution in [3.8, 4) is 5.75 Å². The van der Waals surface area contributed by atoms with E-state index in [9.17, 15) is 4.79 Å². The number of para-hydroxylation sites is 1. The largest absolute Gasteiger partial charge is 0.493 e. The highest BCUT2D eigenvalue weighted by molar-refractivity contribution is 5.92. The van der Waals surface area contributed by atoms with Crippen molar-refractivity contribution in [2.75, 3.05) is 6.61 Å². The van der Waals surface area contributed by atoms with Crippen LogP contribution in [-0.4, -0.2) is 17.7 Å². The summed E-state index contributed by atoms with van der Waals surface area (Å²) in [4.78, 5) is 13.3. The van der Waals surface area contributed by atoms with E-state index in [2.05, 4.69) is 10.0 Å². The minimum absolute atomic E-state index is 0.375. The van der Waals surface area contributed by atoms with Crippen LogP contribution in [0.1, 0.15) is 12.5 Å². The van der Waals surface area contributed by atoms with Crippen LogP contribution in [0.4, 0.5) is 0 Å². The maximum absolute atomic E-state index is 10.8. The van der Waals surface area contributed by atoms with Crippen molar-refractivity contribution in [2.45, 2.75) is 6.92 Å². The summed E-state index contributed by atoms with van der Waals surface area (Å²) < 4.78 is 5.32. The molecule has 1 aromatic rings. The van der Waals surface area contributed by atoms with Crippen LogP contribution in [0, 0.1) is 0 Å². The maximum atomic E-state index is 10.8. The monoisotopic (exact) mass is 233 g/mol. The summed E-state index contributed by atoms with van der Waals surface area (Å²) in [5.41, 5.74) is 8.44. The molecule has 0 aromatic heterocycles. The third-order valence-corrected chi connectivity index (χ3v) is 1.88. The van der Waals surface area contributed by atoms with Gasteiger partial charge in [0.15, 0.2) is 0 Å². The van der Waals surface area contributed by atoms with Crippen molar-refractivity contribution < 1.29 is 14.6 Å². The van der Waals surface area contributed by atoms with Gasteiger partial charge in [-0.3, -0.25) is 0 Å². The fourth-order valence-electron chi connectivity index (χ4n) is 1.22. The van der Waals surface area contributed by atoms with E-state index in [0.29, 0.717) is 17.9 Å². The number of carbonyl (C=O) groups is 1. The van der Waals surface area contributed by atoms with Crippen molar-refractivity contribution in [2.24, 2.45) is 5.11 Å². The number of nitrogens with zero attached hydrogens (tertiary/aromatic N) is 3. The van der Waals surface area contributed by atoms with Crippen LogP contribution in [0.5, 0.6) is 5.75 Å². The van der Waals surface area contributed by atoms with Crippen LogP contribution in [0.15, 0.2) is 35.1 Å². The Morgan fingerprint density at radius 2 is 2.29 bits per heavy atom. The number of hydrogen-bond donors (Lipinski definition) is 1. The molecule has 0 spiro atoms. The molecule has 0 amide bonds. The van der Waals surface area contributed by atoms with E-state index in [1.165, 1.54) is 6.08 Å². The third kappa shape index (κ3) is 3.55. The van der Waals surface area contributed by atoms with Gasteiger partial charge in [0.1, 0.15) is 11.4 Å². The van der Waals surface area contributed by atoms with Crippen LogP contribution in [0.3, 0.4) is 0 Å². The molecule has 0 bridgehead atoms. The summed E-state index contributed by atoms with van der Waals surface area (Å²) in [6.45, 7) is 2.29. The van der Waals surface area contributed by atoms with Gasteiger partial charge in [0.05, 0.1) is 6.61 Å². The highest BCUT2D eigenvalue weighted by Crippen LogP contribution is 2.21. The van der Waals surface area contributed by atoms with E-state index in [-0.39, 0.29) is 5.70 Å². The van der Waals surface area contributed by atoms with Gasteiger partial charge in [0.25, 0.3) is 0 Å². The fraction of sp³-hybridized carbons (Fsp3) is 0.182. The number of azide groups is 1. The van der Waals surface area contributed by atoms with E-state index in [1.54, 1.807) is 24.3 Å². The normalized spacial score (nSPS) is 10.5. The van der Waals surface area contributed by atoms with Crippen molar-refractivity contribution >= 4 is 12.0 Å². The van der Waals surface area contributed by atoms with Gasteiger partial charge >= 0.3 is 5.97 Å². The summed E-state index contributed by atoms with van der Waals surface area (Å²) in [5.74, 6) is -0.740. The van der Waals surface area contributed by atoms with Crippen LogP contribution < -0.4 is 4.74 Å². The summed E-state index contributed by atoms with van der Waals surface area (Å²) >= 11 is 0. The van der Waals surface area contributed by atoms with E-state index < -0.39 is 5.97 Å². The van der Waals surface area contributed by atoms with Gasteiger partial charge in [0, 0.05) is 10.5 Å². The van der Waals surface area contributed by atoms with E-state index in [4.69, 9.17) is 15.4 Å². The lowest BCUT2D eigenvalue weighted by molar-refractivity contribution is -0.132. The highest BCUT2D eigenvalue weighted by Gasteiger charge is 2.07. The van der Waals surface area contributed by atoms with Gasteiger partial charge in [0.2, 0.25) is 0 Å². The minimum Gasteiger partial charge on any atom is -0.493 e. The van der Waals surface area contributed by atoms with Crippen molar-refractivity contribution in [3.05, 3.63) is 46.0 Å². The minimum atomic E-state index is -1.28. The summed E-state index contributed by atoms with van der Waals surface area (Å²) in [7, 11) is 0. The maximum Gasteiger partial charge on any atom is 0.338 e. The number of hydrogen-bond acceptors (Lipinski definition) is 3. The average Bonchev–Trinajstić information content (AvgIpc) is 2.31. The Kier molecular flexibility index (Phi) is 4.59. The topological polar surface area (TPSA) is 95.3 Å². The van der Waals surface area contributed by atoms with Crippen LogP contribution in [0.2, 0.25) is 0 Å². The number of carboxylic acid groups (broad SMARTS) is 1. The number of aliphatic carboxylic acids is 1. The number of rotatable bonds is 5. The number of ether oxygens (including phenoxy) is 1. The first-order valence-corrected chi connectivity index (χ1v) is 4.91. The molecule has 0 saturated carbocycles. The summed E-state index contributed by atoms with van der Waals surface area (Å²) in [6.07, 6.45) is 1.27. The quantitative estimate of drug-likeness (QED) is 0.366. The molecule has 0 atom stereocenters. The molecule has 0 saturated heterocycles. The molecule has 0 heterocycles. The molecule has 0 fully saturated rings. The molecule has 1 rings (SSSR count). The molecule has 17 heavy (non-hydrogen) atoms. The van der Waals surface area contributed by atoms with Gasteiger partial charge in [-0.2, -0.15) is 0 Å². The van der Waals surface area contributed by atoms with Gasteiger partial charge in [-0.1, -0.05) is 23.3 Å². The van der Waals surface area contributed by atoms with Crippen LogP contribution in [0.25, 0.3) is 16.5 Å². The molecule has 0 aliphatic heterocycles. The Morgan fingerprint density at radius 3 is 2.88 bits per heavy atom. The van der Waals surface area contributed by atoms with Crippen molar-refractivity contribution in [1.29, 1.82) is 0 Å². The highest BCUT2D eigenvalue weighted by atomic mass is 16.5. The zero-order valence-electron chi connectivity index (χ0n) is 9.20. The smallest absolute Gasteiger partial charge is 0.338 e. The average molecular weight is 233 g/mol. The van der Waals surface area contributed by atoms with E-state index >= 15 is 0 Å². The zero-order chi connectivity index (χ0) is 12.7. The van der Waals surface area contributed by atoms with Gasteiger partial charge in [-0.05, 0) is 24.6 Å². The lowest BCUT2D eigenvalue weighted by Crippen LogP contribution is -1.98. The molecule has 6 heteroatoms.